The third-order valence-electron chi connectivity index (χ3n) is 6.13. The molecule has 0 atom stereocenters. The standard InChI is InChI=1S/C30H26N4O4S/c1-20-16-23(17-24(18-31)30(35)32-19-22-4-10-27(38-3)11-5-22)21(2)33(20)25-6-12-28(13-7-25)39-29-14-8-26(9-15-29)34(36)37/h4-17H,19H2,1-3H3,(H,32,35)/b24-17-. The number of nitro benzene ring substituents is 1. The number of ether oxygens (including phenoxy) is 1. The molecular formula is C30H26N4O4S. The third kappa shape index (κ3) is 6.55. The number of rotatable bonds is 9. The van der Waals surface area contributed by atoms with Crippen LogP contribution in [-0.2, 0) is 11.3 Å². The van der Waals surface area contributed by atoms with E-state index in [-0.39, 0.29) is 11.3 Å². The molecule has 4 aromatic rings. The minimum absolute atomic E-state index is 0.0265. The number of hydrogen-bond acceptors (Lipinski definition) is 6. The van der Waals surface area contributed by atoms with E-state index in [1.165, 1.54) is 23.9 Å². The van der Waals surface area contributed by atoms with Gasteiger partial charge in [-0.3, -0.25) is 14.9 Å². The molecule has 9 heteroatoms. The van der Waals surface area contributed by atoms with E-state index in [0.29, 0.717) is 6.54 Å². The molecule has 0 aliphatic heterocycles. The van der Waals surface area contributed by atoms with Crippen LogP contribution >= 0.6 is 11.8 Å². The number of carbonyl (C=O) groups is 1. The zero-order valence-corrected chi connectivity index (χ0v) is 22.5. The number of amides is 1. The molecule has 0 bridgehead atoms. The Morgan fingerprint density at radius 1 is 1.05 bits per heavy atom. The molecule has 3 aromatic carbocycles. The fraction of sp³-hybridized carbons (Fsp3) is 0.133. The number of methoxy groups -OCH3 is 1. The minimum Gasteiger partial charge on any atom is -0.497 e. The Balaban J connectivity index is 1.47. The van der Waals surface area contributed by atoms with Gasteiger partial charge in [-0.05, 0) is 85.6 Å². The molecule has 0 radical (unpaired) electrons. The van der Waals surface area contributed by atoms with Gasteiger partial charge in [-0.1, -0.05) is 23.9 Å². The number of nitrogens with zero attached hydrogens (tertiary/aromatic N) is 3. The quantitative estimate of drug-likeness (QED) is 0.114. The van der Waals surface area contributed by atoms with Crippen LogP contribution in [0.15, 0.2) is 94.2 Å². The van der Waals surface area contributed by atoms with Gasteiger partial charge in [0.05, 0.1) is 12.0 Å². The molecule has 196 valence electrons. The molecule has 39 heavy (non-hydrogen) atoms. The molecule has 0 aliphatic rings. The normalized spacial score (nSPS) is 11.1. The van der Waals surface area contributed by atoms with Gasteiger partial charge in [0.25, 0.3) is 11.6 Å². The maximum absolute atomic E-state index is 12.7. The fourth-order valence-electron chi connectivity index (χ4n) is 4.09. The highest BCUT2D eigenvalue weighted by atomic mass is 32.2. The van der Waals surface area contributed by atoms with Crippen molar-refractivity contribution in [2.75, 3.05) is 7.11 Å². The minimum atomic E-state index is -0.439. The van der Waals surface area contributed by atoms with Crippen LogP contribution in [0.1, 0.15) is 22.5 Å². The average Bonchev–Trinajstić information content (AvgIpc) is 3.23. The van der Waals surface area contributed by atoms with Crippen LogP contribution in [0.5, 0.6) is 5.75 Å². The second kappa shape index (κ2) is 12.2. The lowest BCUT2D eigenvalue weighted by molar-refractivity contribution is -0.384. The van der Waals surface area contributed by atoms with E-state index in [0.717, 1.165) is 43.7 Å². The van der Waals surface area contributed by atoms with Crippen molar-refractivity contribution >= 4 is 29.4 Å². The van der Waals surface area contributed by atoms with Crippen molar-refractivity contribution in [1.82, 2.24) is 9.88 Å². The molecule has 0 saturated heterocycles. The molecule has 1 heterocycles. The number of aryl methyl sites for hydroxylation is 1. The molecular weight excluding hydrogens is 512 g/mol. The third-order valence-corrected chi connectivity index (χ3v) is 7.14. The number of nitro groups is 1. The van der Waals surface area contributed by atoms with E-state index in [1.807, 2.05) is 74.5 Å². The van der Waals surface area contributed by atoms with Crippen molar-refractivity contribution in [3.05, 3.63) is 117 Å². The Hall–Kier alpha value is -4.81. The molecule has 4 rings (SSSR count). The summed E-state index contributed by atoms with van der Waals surface area (Å²) in [4.78, 5) is 25.1. The lowest BCUT2D eigenvalue weighted by atomic mass is 10.1. The Bertz CT molecular complexity index is 1570. The van der Waals surface area contributed by atoms with Crippen LogP contribution in [0.4, 0.5) is 5.69 Å². The number of carbonyl (C=O) groups excluding carboxylic acids is 1. The van der Waals surface area contributed by atoms with Crippen molar-refractivity contribution in [3.8, 4) is 17.5 Å². The summed E-state index contributed by atoms with van der Waals surface area (Å²) in [5.41, 5.74) is 4.58. The topological polar surface area (TPSA) is 110 Å². The summed E-state index contributed by atoms with van der Waals surface area (Å²) in [5.74, 6) is 0.293. The molecule has 8 nitrogen and oxygen atoms in total. The zero-order chi connectivity index (χ0) is 27.9. The van der Waals surface area contributed by atoms with Gasteiger partial charge in [-0.2, -0.15) is 5.26 Å². The Morgan fingerprint density at radius 2 is 1.67 bits per heavy atom. The number of aromatic nitrogens is 1. The summed E-state index contributed by atoms with van der Waals surface area (Å²) in [6.07, 6.45) is 1.61. The predicted octanol–water partition coefficient (Wildman–Crippen LogP) is 6.39. The summed E-state index contributed by atoms with van der Waals surface area (Å²) in [5, 5.41) is 23.3. The van der Waals surface area contributed by atoms with Crippen LogP contribution in [-0.4, -0.2) is 22.5 Å². The van der Waals surface area contributed by atoms with Crippen molar-refractivity contribution in [1.29, 1.82) is 5.26 Å². The van der Waals surface area contributed by atoms with Gasteiger partial charge >= 0.3 is 0 Å². The van der Waals surface area contributed by atoms with Crippen molar-refractivity contribution < 1.29 is 14.5 Å². The summed E-state index contributed by atoms with van der Waals surface area (Å²) >= 11 is 1.52. The van der Waals surface area contributed by atoms with Gasteiger partial charge in [0.1, 0.15) is 17.4 Å². The predicted molar refractivity (Wildman–Crippen MR) is 151 cm³/mol. The highest BCUT2D eigenvalue weighted by Gasteiger charge is 2.14. The molecule has 0 fully saturated rings. The first-order chi connectivity index (χ1) is 18.8. The SMILES string of the molecule is COc1ccc(CNC(=O)/C(C#N)=C\c2cc(C)n(-c3ccc(Sc4ccc([N+](=O)[O-])cc4)cc3)c2C)cc1. The van der Waals surface area contributed by atoms with E-state index in [1.54, 1.807) is 25.3 Å². The molecule has 0 spiro atoms. The monoisotopic (exact) mass is 538 g/mol. The van der Waals surface area contributed by atoms with Crippen LogP contribution in [0.25, 0.3) is 11.8 Å². The van der Waals surface area contributed by atoms with Crippen LogP contribution in [0.2, 0.25) is 0 Å². The van der Waals surface area contributed by atoms with Gasteiger partial charge in [-0.15, -0.1) is 0 Å². The molecule has 1 amide bonds. The van der Waals surface area contributed by atoms with E-state index in [9.17, 15) is 20.2 Å². The van der Waals surface area contributed by atoms with Gasteiger partial charge < -0.3 is 14.6 Å². The van der Waals surface area contributed by atoms with Gasteiger partial charge in [0.15, 0.2) is 0 Å². The van der Waals surface area contributed by atoms with E-state index in [4.69, 9.17) is 4.74 Å². The molecule has 1 N–H and O–H groups in total. The number of benzene rings is 3. The highest BCUT2D eigenvalue weighted by Crippen LogP contribution is 2.31. The summed E-state index contributed by atoms with van der Waals surface area (Å²) in [6.45, 7) is 4.22. The van der Waals surface area contributed by atoms with Crippen molar-refractivity contribution in [2.24, 2.45) is 0 Å². The zero-order valence-electron chi connectivity index (χ0n) is 21.7. The lowest BCUT2D eigenvalue weighted by Gasteiger charge is -2.11. The summed E-state index contributed by atoms with van der Waals surface area (Å²) in [6, 6.07) is 25.7. The Morgan fingerprint density at radius 3 is 2.23 bits per heavy atom. The number of nitriles is 1. The summed E-state index contributed by atoms with van der Waals surface area (Å²) in [7, 11) is 1.59. The second-order valence-electron chi connectivity index (χ2n) is 8.71. The fourth-order valence-corrected chi connectivity index (χ4v) is 4.91. The molecule has 0 unspecified atom stereocenters. The van der Waals surface area contributed by atoms with Crippen LogP contribution in [0, 0.1) is 35.3 Å². The molecule has 0 aliphatic carbocycles. The van der Waals surface area contributed by atoms with E-state index < -0.39 is 10.8 Å². The maximum Gasteiger partial charge on any atom is 0.269 e. The van der Waals surface area contributed by atoms with Gasteiger partial charge in [-0.25, -0.2) is 0 Å². The number of nitrogens with one attached hydrogen (secondary N) is 1. The molecule has 0 saturated carbocycles. The van der Waals surface area contributed by atoms with Gasteiger partial charge in [0, 0.05) is 45.5 Å². The van der Waals surface area contributed by atoms with E-state index >= 15 is 0 Å². The first-order valence-electron chi connectivity index (χ1n) is 12.0. The summed E-state index contributed by atoms with van der Waals surface area (Å²) < 4.78 is 7.22. The largest absolute Gasteiger partial charge is 0.497 e. The first-order valence-corrected chi connectivity index (χ1v) is 12.9. The first kappa shape index (κ1) is 27.2. The number of hydrogen-bond donors (Lipinski definition) is 1. The van der Waals surface area contributed by atoms with Crippen LogP contribution in [0.3, 0.4) is 0 Å². The van der Waals surface area contributed by atoms with Gasteiger partial charge in [0.2, 0.25) is 0 Å². The van der Waals surface area contributed by atoms with Crippen molar-refractivity contribution in [3.63, 3.8) is 0 Å². The lowest BCUT2D eigenvalue weighted by Crippen LogP contribution is -2.23. The Labute approximate surface area is 230 Å². The average molecular weight is 539 g/mol. The van der Waals surface area contributed by atoms with Crippen molar-refractivity contribution in [2.45, 2.75) is 30.2 Å². The molecule has 1 aromatic heterocycles. The number of non-ortho nitro benzene ring substituents is 1. The van der Waals surface area contributed by atoms with E-state index in [2.05, 4.69) is 9.88 Å². The maximum atomic E-state index is 12.7. The van der Waals surface area contributed by atoms with Crippen LogP contribution < -0.4 is 10.1 Å². The Kier molecular flexibility index (Phi) is 8.49. The smallest absolute Gasteiger partial charge is 0.269 e. The highest BCUT2D eigenvalue weighted by molar-refractivity contribution is 7.99. The second-order valence-corrected chi connectivity index (χ2v) is 9.86.